The van der Waals surface area contributed by atoms with Gasteiger partial charge in [-0.1, -0.05) is 13.8 Å². The fourth-order valence-corrected chi connectivity index (χ4v) is 1.38. The van der Waals surface area contributed by atoms with E-state index in [0.717, 1.165) is 5.69 Å². The highest BCUT2D eigenvalue weighted by Crippen LogP contribution is 2.31. The lowest BCUT2D eigenvalue weighted by molar-refractivity contribution is 0.118. The molecule has 0 amide bonds. The average molecular weight is 211 g/mol. The average Bonchev–Trinajstić information content (AvgIpc) is 2.29. The van der Waals surface area contributed by atoms with Crippen molar-refractivity contribution in [1.82, 2.24) is 9.78 Å². The lowest BCUT2D eigenvalue weighted by atomic mass is 10.1. The van der Waals surface area contributed by atoms with Gasteiger partial charge in [0.25, 0.3) is 0 Å². The molecule has 0 radical (unpaired) electrons. The Kier molecular flexibility index (Phi) is 2.98. The standard InChI is InChI=1S/C11H21N3O/c1-7(2)9-8(12)10(14(6)13-9)15-11(3,4)5/h7H,12H2,1-6H3. The van der Waals surface area contributed by atoms with E-state index in [1.54, 1.807) is 4.68 Å². The van der Waals surface area contributed by atoms with E-state index in [-0.39, 0.29) is 5.60 Å². The number of nitrogens with zero attached hydrogens (tertiary/aromatic N) is 2. The molecular weight excluding hydrogens is 190 g/mol. The predicted octanol–water partition coefficient (Wildman–Crippen LogP) is 2.30. The van der Waals surface area contributed by atoms with Gasteiger partial charge in [0.2, 0.25) is 5.88 Å². The van der Waals surface area contributed by atoms with Crippen LogP contribution in [0.3, 0.4) is 0 Å². The Balaban J connectivity index is 3.09. The van der Waals surface area contributed by atoms with Crippen LogP contribution in [0.15, 0.2) is 0 Å². The molecule has 0 spiro atoms. The summed E-state index contributed by atoms with van der Waals surface area (Å²) in [7, 11) is 1.85. The molecule has 1 aromatic rings. The number of rotatable bonds is 2. The second kappa shape index (κ2) is 3.76. The van der Waals surface area contributed by atoms with Gasteiger partial charge in [0, 0.05) is 7.05 Å². The van der Waals surface area contributed by atoms with Crippen LogP contribution in [0.1, 0.15) is 46.2 Å². The summed E-state index contributed by atoms with van der Waals surface area (Å²) in [6, 6.07) is 0. The Morgan fingerprint density at radius 3 is 2.20 bits per heavy atom. The van der Waals surface area contributed by atoms with Crippen LogP contribution in [0.4, 0.5) is 5.69 Å². The molecule has 1 aromatic heterocycles. The molecule has 0 atom stereocenters. The normalized spacial score (nSPS) is 12.2. The molecule has 4 heteroatoms. The minimum Gasteiger partial charge on any atom is -0.471 e. The van der Waals surface area contributed by atoms with Crippen LogP contribution in [0.25, 0.3) is 0 Å². The smallest absolute Gasteiger partial charge is 0.236 e. The van der Waals surface area contributed by atoms with Gasteiger partial charge in [-0.05, 0) is 26.7 Å². The Hall–Kier alpha value is -1.19. The minimum atomic E-state index is -0.254. The summed E-state index contributed by atoms with van der Waals surface area (Å²) >= 11 is 0. The van der Waals surface area contributed by atoms with E-state index in [0.29, 0.717) is 17.5 Å². The van der Waals surface area contributed by atoms with Crippen LogP contribution in [-0.4, -0.2) is 15.4 Å². The van der Waals surface area contributed by atoms with Crippen LogP contribution >= 0.6 is 0 Å². The molecule has 0 unspecified atom stereocenters. The summed E-state index contributed by atoms with van der Waals surface area (Å²) in [6.45, 7) is 10.1. The summed E-state index contributed by atoms with van der Waals surface area (Å²) in [4.78, 5) is 0. The third kappa shape index (κ3) is 2.64. The number of aryl methyl sites for hydroxylation is 1. The molecule has 0 aliphatic heterocycles. The summed E-state index contributed by atoms with van der Waals surface area (Å²) in [6.07, 6.45) is 0. The van der Waals surface area contributed by atoms with E-state index in [4.69, 9.17) is 10.5 Å². The molecule has 4 nitrogen and oxygen atoms in total. The van der Waals surface area contributed by atoms with Gasteiger partial charge in [-0.2, -0.15) is 5.10 Å². The zero-order valence-corrected chi connectivity index (χ0v) is 10.5. The highest BCUT2D eigenvalue weighted by molar-refractivity contribution is 5.54. The van der Waals surface area contributed by atoms with E-state index in [1.165, 1.54) is 0 Å². The summed E-state index contributed by atoms with van der Waals surface area (Å²) in [5.41, 5.74) is 7.30. The van der Waals surface area contributed by atoms with Crippen molar-refractivity contribution in [1.29, 1.82) is 0 Å². The molecule has 86 valence electrons. The van der Waals surface area contributed by atoms with Crippen molar-refractivity contribution >= 4 is 5.69 Å². The second-order valence-electron chi connectivity index (χ2n) is 5.10. The van der Waals surface area contributed by atoms with Gasteiger partial charge >= 0.3 is 0 Å². The number of nitrogens with two attached hydrogens (primary N) is 1. The van der Waals surface area contributed by atoms with Crippen LogP contribution in [0, 0.1) is 0 Å². The van der Waals surface area contributed by atoms with Crippen molar-refractivity contribution in [3.8, 4) is 5.88 Å². The summed E-state index contributed by atoms with van der Waals surface area (Å²) < 4.78 is 7.47. The van der Waals surface area contributed by atoms with Gasteiger partial charge in [0.15, 0.2) is 0 Å². The number of anilines is 1. The second-order valence-corrected chi connectivity index (χ2v) is 5.10. The Bertz CT molecular complexity index is 347. The van der Waals surface area contributed by atoms with Crippen LogP contribution in [0.2, 0.25) is 0 Å². The number of ether oxygens (including phenoxy) is 1. The van der Waals surface area contributed by atoms with Crippen molar-refractivity contribution in [3.63, 3.8) is 0 Å². The molecule has 1 heterocycles. The molecule has 0 bridgehead atoms. The predicted molar refractivity (Wildman–Crippen MR) is 62.1 cm³/mol. The largest absolute Gasteiger partial charge is 0.471 e. The topological polar surface area (TPSA) is 53.1 Å². The number of hydrogen-bond donors (Lipinski definition) is 1. The zero-order chi connectivity index (χ0) is 11.8. The van der Waals surface area contributed by atoms with Gasteiger partial charge in [-0.15, -0.1) is 0 Å². The Morgan fingerprint density at radius 1 is 1.33 bits per heavy atom. The maximum absolute atomic E-state index is 6.00. The van der Waals surface area contributed by atoms with Gasteiger partial charge in [0.1, 0.15) is 11.3 Å². The first-order valence-electron chi connectivity index (χ1n) is 5.23. The molecule has 0 fully saturated rings. The number of aromatic nitrogens is 2. The van der Waals surface area contributed by atoms with Crippen molar-refractivity contribution in [2.75, 3.05) is 5.73 Å². The van der Waals surface area contributed by atoms with Gasteiger partial charge in [0.05, 0.1) is 5.69 Å². The highest BCUT2D eigenvalue weighted by atomic mass is 16.5. The zero-order valence-electron chi connectivity index (χ0n) is 10.5. The van der Waals surface area contributed by atoms with E-state index >= 15 is 0 Å². The van der Waals surface area contributed by atoms with Crippen LogP contribution in [-0.2, 0) is 7.05 Å². The molecule has 0 aliphatic rings. The van der Waals surface area contributed by atoms with Crippen LogP contribution < -0.4 is 10.5 Å². The van der Waals surface area contributed by atoms with Crippen LogP contribution in [0.5, 0.6) is 5.88 Å². The van der Waals surface area contributed by atoms with Crippen molar-refractivity contribution < 1.29 is 4.74 Å². The van der Waals surface area contributed by atoms with Crippen molar-refractivity contribution in [2.24, 2.45) is 7.05 Å². The van der Waals surface area contributed by atoms with Gasteiger partial charge in [-0.3, -0.25) is 0 Å². The van der Waals surface area contributed by atoms with Gasteiger partial charge < -0.3 is 10.5 Å². The summed E-state index contributed by atoms with van der Waals surface area (Å²) in [5, 5.41) is 4.36. The Labute approximate surface area is 91.4 Å². The van der Waals surface area contributed by atoms with Crippen molar-refractivity contribution in [3.05, 3.63) is 5.69 Å². The highest BCUT2D eigenvalue weighted by Gasteiger charge is 2.21. The fraction of sp³-hybridized carbons (Fsp3) is 0.727. The lowest BCUT2D eigenvalue weighted by Crippen LogP contribution is -2.24. The van der Waals surface area contributed by atoms with E-state index in [9.17, 15) is 0 Å². The first-order chi connectivity index (χ1) is 6.72. The first kappa shape index (κ1) is 11.9. The molecule has 1 rings (SSSR count). The SMILES string of the molecule is CC(C)c1nn(C)c(OC(C)(C)C)c1N. The molecule has 0 aliphatic carbocycles. The van der Waals surface area contributed by atoms with E-state index < -0.39 is 0 Å². The summed E-state index contributed by atoms with van der Waals surface area (Å²) in [5.74, 6) is 0.972. The minimum absolute atomic E-state index is 0.254. The molecule has 0 saturated heterocycles. The number of nitrogen functional groups attached to an aromatic ring is 1. The molecule has 0 aromatic carbocycles. The Morgan fingerprint density at radius 2 is 1.87 bits per heavy atom. The third-order valence-corrected chi connectivity index (χ3v) is 2.01. The maximum atomic E-state index is 6.00. The monoisotopic (exact) mass is 211 g/mol. The molecule has 15 heavy (non-hydrogen) atoms. The van der Waals surface area contributed by atoms with E-state index in [1.807, 2.05) is 27.8 Å². The first-order valence-corrected chi connectivity index (χ1v) is 5.23. The molecule has 0 saturated carbocycles. The number of hydrogen-bond acceptors (Lipinski definition) is 3. The lowest BCUT2D eigenvalue weighted by Gasteiger charge is -2.21. The fourth-order valence-electron chi connectivity index (χ4n) is 1.38. The van der Waals surface area contributed by atoms with Crippen molar-refractivity contribution in [2.45, 2.75) is 46.1 Å². The third-order valence-electron chi connectivity index (χ3n) is 2.01. The quantitative estimate of drug-likeness (QED) is 0.816. The molecular formula is C11H21N3O. The van der Waals surface area contributed by atoms with Gasteiger partial charge in [-0.25, -0.2) is 4.68 Å². The van der Waals surface area contributed by atoms with E-state index in [2.05, 4.69) is 18.9 Å². The molecule has 2 N–H and O–H groups in total. The maximum Gasteiger partial charge on any atom is 0.236 e.